The molecule has 0 radical (unpaired) electrons. The quantitative estimate of drug-likeness (QED) is 0.487. The molecule has 0 bridgehead atoms. The van der Waals surface area contributed by atoms with Crippen molar-refractivity contribution in [1.29, 1.82) is 0 Å². The fourth-order valence-electron chi connectivity index (χ4n) is 6.27. The normalized spacial score (nSPS) is 21.6. The summed E-state index contributed by atoms with van der Waals surface area (Å²) in [5.74, 6) is 0.543. The van der Waals surface area contributed by atoms with Crippen LogP contribution in [0, 0.1) is 5.92 Å². The van der Waals surface area contributed by atoms with E-state index in [0.29, 0.717) is 19.8 Å². The molecule has 1 saturated carbocycles. The summed E-state index contributed by atoms with van der Waals surface area (Å²) in [4.78, 5) is 33.4. The van der Waals surface area contributed by atoms with Gasteiger partial charge in [0.1, 0.15) is 5.82 Å². The zero-order valence-corrected chi connectivity index (χ0v) is 22.4. The molecule has 0 spiro atoms. The van der Waals surface area contributed by atoms with Gasteiger partial charge in [0.15, 0.2) is 0 Å². The van der Waals surface area contributed by atoms with Crippen LogP contribution in [-0.2, 0) is 27.2 Å². The summed E-state index contributed by atoms with van der Waals surface area (Å²) in [7, 11) is 0. The van der Waals surface area contributed by atoms with E-state index in [9.17, 15) is 14.7 Å². The molecule has 1 aromatic carbocycles. The van der Waals surface area contributed by atoms with Gasteiger partial charge < -0.3 is 25.0 Å². The van der Waals surface area contributed by atoms with Crippen molar-refractivity contribution >= 4 is 23.4 Å². The number of carbonyl (C=O) groups is 2. The summed E-state index contributed by atoms with van der Waals surface area (Å²) < 4.78 is 5.49. The Balaban J connectivity index is 1.19. The Morgan fingerprint density at radius 1 is 1.21 bits per heavy atom. The number of hydrogen-bond acceptors (Lipinski definition) is 6. The van der Waals surface area contributed by atoms with Gasteiger partial charge in [0, 0.05) is 50.5 Å². The third-order valence-electron chi connectivity index (χ3n) is 8.42. The Bertz CT molecular complexity index is 1130. The molecular formula is C30H40N4O4. The first-order valence-corrected chi connectivity index (χ1v) is 14.1. The summed E-state index contributed by atoms with van der Waals surface area (Å²) in [6, 6.07) is 12.8. The summed E-state index contributed by atoms with van der Waals surface area (Å²) >= 11 is 0. The van der Waals surface area contributed by atoms with E-state index in [1.807, 2.05) is 11.0 Å². The van der Waals surface area contributed by atoms with Gasteiger partial charge >= 0.3 is 5.97 Å². The van der Waals surface area contributed by atoms with Crippen LogP contribution >= 0.6 is 0 Å². The number of ether oxygens (including phenoxy) is 1. The van der Waals surface area contributed by atoms with Crippen molar-refractivity contribution < 1.29 is 19.4 Å². The maximum absolute atomic E-state index is 12.5. The zero-order valence-electron chi connectivity index (χ0n) is 22.4. The fourth-order valence-corrected chi connectivity index (χ4v) is 6.27. The number of amides is 1. The number of nitrogens with one attached hydrogen (secondary N) is 1. The minimum atomic E-state index is -0.773. The van der Waals surface area contributed by atoms with Crippen LogP contribution in [0.3, 0.4) is 0 Å². The van der Waals surface area contributed by atoms with Crippen molar-refractivity contribution in [3.05, 3.63) is 53.2 Å². The molecule has 2 fully saturated rings. The summed E-state index contributed by atoms with van der Waals surface area (Å²) in [5, 5.41) is 13.1. The Hall–Kier alpha value is -3.13. The molecule has 1 aromatic heterocycles. The number of fused-ring (bicyclic) bond motifs is 1. The predicted molar refractivity (Wildman–Crippen MR) is 148 cm³/mol. The second-order valence-corrected chi connectivity index (χ2v) is 10.9. The molecule has 8 heteroatoms. The van der Waals surface area contributed by atoms with Crippen molar-refractivity contribution in [2.45, 2.75) is 63.8 Å². The van der Waals surface area contributed by atoms with E-state index < -0.39 is 5.97 Å². The fraction of sp³-hybridized carbons (Fsp3) is 0.567. The third kappa shape index (κ3) is 6.29. The Morgan fingerprint density at radius 3 is 2.79 bits per heavy atom. The predicted octanol–water partition coefficient (Wildman–Crippen LogP) is 4.09. The Kier molecular flexibility index (Phi) is 8.47. The lowest BCUT2D eigenvalue weighted by molar-refractivity contribution is -0.139. The largest absolute Gasteiger partial charge is 0.481 e. The molecule has 1 aliphatic carbocycles. The maximum atomic E-state index is 12.5. The minimum absolute atomic E-state index is 0.0502. The standard InChI is InChI=1S/C30H40N4O4/c1-21(35)34(12-4-7-25-10-9-22-6-3-11-31-30(22)32-25)27-18-24(19-27)28(20-29(36)37)23-5-2-8-26(17-23)33-13-15-38-16-14-33/h2,5,8-10,17,24,27-28H,3-4,6-7,11-16,18-20H2,1H3,(H,31,32)(H,36,37). The van der Waals surface area contributed by atoms with E-state index in [0.717, 1.165) is 80.9 Å². The molecule has 3 aliphatic rings. The SMILES string of the molecule is CC(=O)N(CCCc1ccc2c(n1)NCCC2)C1CC(C(CC(=O)O)c2cccc(N3CCOCC3)c2)C1. The molecule has 204 valence electrons. The third-order valence-corrected chi connectivity index (χ3v) is 8.42. The molecule has 1 atom stereocenters. The highest BCUT2D eigenvalue weighted by Gasteiger charge is 2.40. The number of anilines is 2. The van der Waals surface area contributed by atoms with Crippen molar-refractivity contribution in [1.82, 2.24) is 9.88 Å². The number of rotatable bonds is 10. The molecule has 2 aliphatic heterocycles. The number of carbonyl (C=O) groups excluding carboxylic acids is 1. The highest BCUT2D eigenvalue weighted by atomic mass is 16.5. The smallest absolute Gasteiger partial charge is 0.303 e. The molecular weight excluding hydrogens is 480 g/mol. The van der Waals surface area contributed by atoms with Crippen molar-refractivity contribution in [2.75, 3.05) is 49.6 Å². The van der Waals surface area contributed by atoms with Gasteiger partial charge in [-0.15, -0.1) is 0 Å². The molecule has 38 heavy (non-hydrogen) atoms. The number of pyridine rings is 1. The number of carboxylic acids is 1. The van der Waals surface area contributed by atoms with Gasteiger partial charge in [-0.1, -0.05) is 18.2 Å². The van der Waals surface area contributed by atoms with Gasteiger partial charge in [-0.2, -0.15) is 0 Å². The number of hydrogen-bond donors (Lipinski definition) is 2. The first-order chi connectivity index (χ1) is 18.5. The zero-order chi connectivity index (χ0) is 26.5. The first-order valence-electron chi connectivity index (χ1n) is 14.1. The lowest BCUT2D eigenvalue weighted by Crippen LogP contribution is -2.49. The molecule has 2 aromatic rings. The van der Waals surface area contributed by atoms with E-state index in [1.165, 1.54) is 5.56 Å². The van der Waals surface area contributed by atoms with E-state index in [1.54, 1.807) is 6.92 Å². The van der Waals surface area contributed by atoms with Crippen LogP contribution in [0.4, 0.5) is 11.5 Å². The van der Waals surface area contributed by atoms with Crippen LogP contribution in [0.25, 0.3) is 0 Å². The first kappa shape index (κ1) is 26.5. The topological polar surface area (TPSA) is 95.0 Å². The number of aromatic nitrogens is 1. The van der Waals surface area contributed by atoms with E-state index >= 15 is 0 Å². The van der Waals surface area contributed by atoms with Crippen LogP contribution in [0.2, 0.25) is 0 Å². The van der Waals surface area contributed by atoms with Gasteiger partial charge in [0.05, 0.1) is 19.6 Å². The molecule has 1 amide bonds. The Morgan fingerprint density at radius 2 is 2.03 bits per heavy atom. The lowest BCUT2D eigenvalue weighted by Gasteiger charge is -2.46. The average Bonchev–Trinajstić information content (AvgIpc) is 2.91. The Labute approximate surface area is 225 Å². The number of aryl methyl sites for hydroxylation is 2. The summed E-state index contributed by atoms with van der Waals surface area (Å²) in [6.07, 6.45) is 5.74. The van der Waals surface area contributed by atoms with Crippen LogP contribution < -0.4 is 10.2 Å². The molecule has 3 heterocycles. The second-order valence-electron chi connectivity index (χ2n) is 10.9. The van der Waals surface area contributed by atoms with Gasteiger partial charge in [0.2, 0.25) is 5.91 Å². The highest BCUT2D eigenvalue weighted by Crippen LogP contribution is 2.44. The van der Waals surface area contributed by atoms with E-state index in [4.69, 9.17) is 9.72 Å². The molecule has 5 rings (SSSR count). The summed E-state index contributed by atoms with van der Waals surface area (Å²) in [6.45, 7) is 6.46. The number of nitrogens with zero attached hydrogens (tertiary/aromatic N) is 3. The van der Waals surface area contributed by atoms with Crippen LogP contribution in [-0.4, -0.2) is 72.3 Å². The van der Waals surface area contributed by atoms with Gasteiger partial charge in [-0.05, 0) is 79.7 Å². The number of benzene rings is 1. The molecule has 1 saturated heterocycles. The number of aliphatic carboxylic acids is 1. The van der Waals surface area contributed by atoms with Crippen molar-refractivity contribution in [2.24, 2.45) is 5.92 Å². The lowest BCUT2D eigenvalue weighted by atomic mass is 9.68. The highest BCUT2D eigenvalue weighted by molar-refractivity contribution is 5.74. The van der Waals surface area contributed by atoms with Crippen LogP contribution in [0.1, 0.15) is 61.8 Å². The van der Waals surface area contributed by atoms with Crippen LogP contribution in [0.5, 0.6) is 0 Å². The monoisotopic (exact) mass is 520 g/mol. The molecule has 2 N–H and O–H groups in total. The molecule has 8 nitrogen and oxygen atoms in total. The van der Waals surface area contributed by atoms with Gasteiger partial charge in [0.25, 0.3) is 0 Å². The summed E-state index contributed by atoms with van der Waals surface area (Å²) in [5.41, 5.74) is 4.57. The average molecular weight is 521 g/mol. The van der Waals surface area contributed by atoms with Crippen molar-refractivity contribution in [3.63, 3.8) is 0 Å². The van der Waals surface area contributed by atoms with Crippen molar-refractivity contribution in [3.8, 4) is 0 Å². The van der Waals surface area contributed by atoms with E-state index in [-0.39, 0.29) is 30.2 Å². The maximum Gasteiger partial charge on any atom is 0.303 e. The number of morpholine rings is 1. The number of carboxylic acid groups (broad SMARTS) is 1. The minimum Gasteiger partial charge on any atom is -0.481 e. The second kappa shape index (κ2) is 12.2. The van der Waals surface area contributed by atoms with E-state index in [2.05, 4.69) is 40.5 Å². The van der Waals surface area contributed by atoms with Crippen LogP contribution in [0.15, 0.2) is 36.4 Å². The van der Waals surface area contributed by atoms with Gasteiger partial charge in [-0.25, -0.2) is 4.98 Å². The molecule has 1 unspecified atom stereocenters. The van der Waals surface area contributed by atoms with Gasteiger partial charge in [-0.3, -0.25) is 9.59 Å².